The number of carbonyl (C=O) groups is 3. The van der Waals surface area contributed by atoms with Crippen LogP contribution in [-0.4, -0.2) is 47.7 Å². The van der Waals surface area contributed by atoms with Gasteiger partial charge in [-0.05, 0) is 79.6 Å². The number of ketones is 1. The molecule has 2 aliphatic rings. The second-order valence-electron chi connectivity index (χ2n) is 10.7. The topological polar surface area (TPSA) is 128 Å². The van der Waals surface area contributed by atoms with Crippen molar-refractivity contribution in [1.29, 1.82) is 0 Å². The number of hydrogen-bond donors (Lipinski definition) is 2. The smallest absolute Gasteiger partial charge is 0.327 e. The van der Waals surface area contributed by atoms with Crippen LogP contribution in [0.2, 0.25) is 0 Å². The van der Waals surface area contributed by atoms with Crippen molar-refractivity contribution in [2.45, 2.75) is 31.8 Å². The maximum absolute atomic E-state index is 14.6. The summed E-state index contributed by atoms with van der Waals surface area (Å²) >= 11 is 0. The molecule has 4 aromatic rings. The number of Topliss-reactive ketones (excluding diaryl/α,β-unsaturated/α-hetero) is 1. The number of carboxylic acids is 1. The number of furan rings is 1. The Morgan fingerprint density at radius 3 is 2.25 bits per heavy atom. The average Bonchev–Trinajstić information content (AvgIpc) is 3.72. The molecule has 0 saturated carbocycles. The van der Waals surface area contributed by atoms with Crippen LogP contribution >= 0.6 is 0 Å². The van der Waals surface area contributed by atoms with Crippen LogP contribution < -0.4 is 19.5 Å². The SMILES string of the molecule is COc1ccc(C2C(C(=O)c3cc(C)oc3C)C(c3ccc4c(c3)OCO4)N(C(=O)Nc3ccc(F)cc3)C2C(=O)O)cc1. The zero-order chi connectivity index (χ0) is 31.1. The van der Waals surface area contributed by atoms with Gasteiger partial charge in [-0.1, -0.05) is 18.2 Å². The van der Waals surface area contributed by atoms with Crippen molar-refractivity contribution in [3.05, 3.63) is 107 Å². The highest BCUT2D eigenvalue weighted by Crippen LogP contribution is 2.53. The number of amides is 2. The minimum Gasteiger partial charge on any atom is -0.497 e. The van der Waals surface area contributed by atoms with Crippen molar-refractivity contribution in [2.75, 3.05) is 19.2 Å². The van der Waals surface area contributed by atoms with E-state index in [0.29, 0.717) is 45.5 Å². The molecule has 2 N–H and O–H groups in total. The second kappa shape index (κ2) is 11.4. The first-order valence-electron chi connectivity index (χ1n) is 13.9. The number of rotatable bonds is 7. The van der Waals surface area contributed by atoms with Crippen LogP contribution in [0.1, 0.15) is 45.0 Å². The summed E-state index contributed by atoms with van der Waals surface area (Å²) in [6.45, 7) is 3.39. The lowest BCUT2D eigenvalue weighted by Gasteiger charge is -2.30. The van der Waals surface area contributed by atoms with Crippen molar-refractivity contribution < 1.29 is 42.5 Å². The third-order valence-corrected chi connectivity index (χ3v) is 8.10. The third-order valence-electron chi connectivity index (χ3n) is 8.10. The summed E-state index contributed by atoms with van der Waals surface area (Å²) in [5, 5.41) is 13.4. The fourth-order valence-electron chi connectivity index (χ4n) is 6.20. The number of hydrogen-bond acceptors (Lipinski definition) is 7. The standard InChI is InChI=1S/C33H29FN2O8/c1-17-14-24(18(2)44-17)31(37)28-27(19-4-11-23(41-3)12-5-19)30(32(38)39)36(33(40)35-22-9-7-21(34)8-10-22)29(28)20-6-13-25-26(15-20)43-16-42-25/h4-15,27-30H,16H2,1-3H3,(H,35,40)(H,38,39). The Morgan fingerprint density at radius 1 is 0.932 bits per heavy atom. The van der Waals surface area contributed by atoms with Crippen LogP contribution in [0.4, 0.5) is 14.9 Å². The fourth-order valence-corrected chi connectivity index (χ4v) is 6.20. The van der Waals surface area contributed by atoms with Gasteiger partial charge in [0.15, 0.2) is 17.3 Å². The molecule has 226 valence electrons. The van der Waals surface area contributed by atoms with E-state index in [0.717, 1.165) is 0 Å². The van der Waals surface area contributed by atoms with E-state index >= 15 is 0 Å². The Morgan fingerprint density at radius 2 is 1.61 bits per heavy atom. The van der Waals surface area contributed by atoms with Gasteiger partial charge in [-0.25, -0.2) is 14.0 Å². The summed E-state index contributed by atoms with van der Waals surface area (Å²) in [7, 11) is 1.51. The molecule has 0 radical (unpaired) electrons. The molecule has 2 amide bonds. The molecule has 6 rings (SSSR count). The van der Waals surface area contributed by atoms with Crippen molar-refractivity contribution in [2.24, 2.45) is 5.92 Å². The quantitative estimate of drug-likeness (QED) is 0.244. The highest BCUT2D eigenvalue weighted by Gasteiger charge is 2.58. The van der Waals surface area contributed by atoms with Crippen LogP contribution in [0, 0.1) is 25.6 Å². The van der Waals surface area contributed by atoms with Gasteiger partial charge in [-0.3, -0.25) is 4.79 Å². The molecule has 0 aliphatic carbocycles. The van der Waals surface area contributed by atoms with Gasteiger partial charge in [-0.2, -0.15) is 0 Å². The Hall–Kier alpha value is -5.32. The monoisotopic (exact) mass is 600 g/mol. The highest BCUT2D eigenvalue weighted by molar-refractivity contribution is 6.03. The van der Waals surface area contributed by atoms with Gasteiger partial charge in [0.25, 0.3) is 0 Å². The van der Waals surface area contributed by atoms with Gasteiger partial charge in [0.1, 0.15) is 29.1 Å². The number of nitrogens with one attached hydrogen (secondary N) is 1. The van der Waals surface area contributed by atoms with Gasteiger partial charge < -0.3 is 34.0 Å². The summed E-state index contributed by atoms with van der Waals surface area (Å²) in [5.41, 5.74) is 1.54. The molecule has 4 unspecified atom stereocenters. The molecule has 1 saturated heterocycles. The number of methoxy groups -OCH3 is 1. The first-order valence-corrected chi connectivity index (χ1v) is 13.9. The van der Waals surface area contributed by atoms with E-state index in [1.165, 1.54) is 36.3 Å². The second-order valence-corrected chi connectivity index (χ2v) is 10.7. The number of nitrogens with zero attached hydrogens (tertiary/aromatic N) is 1. The number of likely N-dealkylation sites (tertiary alicyclic amines) is 1. The van der Waals surface area contributed by atoms with Gasteiger partial charge in [0.2, 0.25) is 6.79 Å². The van der Waals surface area contributed by atoms with Crippen molar-refractivity contribution >= 4 is 23.5 Å². The number of anilines is 1. The fraction of sp³-hybridized carbons (Fsp3) is 0.242. The zero-order valence-corrected chi connectivity index (χ0v) is 24.1. The molecule has 1 aromatic heterocycles. The molecule has 11 heteroatoms. The third kappa shape index (κ3) is 5.10. The summed E-state index contributed by atoms with van der Waals surface area (Å²) in [6, 6.07) is 15.2. The molecule has 2 aliphatic heterocycles. The van der Waals surface area contributed by atoms with Crippen molar-refractivity contribution in [3.63, 3.8) is 0 Å². The number of fused-ring (bicyclic) bond motifs is 1. The summed E-state index contributed by atoms with van der Waals surface area (Å²) in [6.07, 6.45) is 0. The summed E-state index contributed by atoms with van der Waals surface area (Å²) < 4.78 is 35.7. The first kappa shape index (κ1) is 28.8. The van der Waals surface area contributed by atoms with Crippen LogP contribution in [0.5, 0.6) is 17.2 Å². The number of aliphatic carboxylic acids is 1. The van der Waals surface area contributed by atoms with Gasteiger partial charge in [-0.15, -0.1) is 0 Å². The van der Waals surface area contributed by atoms with E-state index < -0.39 is 41.7 Å². The highest BCUT2D eigenvalue weighted by atomic mass is 19.1. The lowest BCUT2D eigenvalue weighted by molar-refractivity contribution is -0.142. The Balaban J connectivity index is 1.56. The molecule has 0 bridgehead atoms. The van der Waals surface area contributed by atoms with Crippen molar-refractivity contribution in [3.8, 4) is 17.2 Å². The maximum atomic E-state index is 14.6. The van der Waals surface area contributed by atoms with E-state index in [1.54, 1.807) is 62.4 Å². The lowest BCUT2D eigenvalue weighted by atomic mass is 9.76. The minimum absolute atomic E-state index is 0.000293. The molecule has 3 aromatic carbocycles. The van der Waals surface area contributed by atoms with Crippen LogP contribution in [0.15, 0.2) is 77.2 Å². The maximum Gasteiger partial charge on any atom is 0.327 e. The van der Waals surface area contributed by atoms with E-state index in [2.05, 4.69) is 5.32 Å². The van der Waals surface area contributed by atoms with Gasteiger partial charge in [0.05, 0.1) is 24.6 Å². The number of carboxylic acid groups (broad SMARTS) is 1. The Kier molecular flexibility index (Phi) is 7.46. The normalized spacial score (nSPS) is 20.4. The van der Waals surface area contributed by atoms with E-state index in [4.69, 9.17) is 18.6 Å². The number of aryl methyl sites for hydroxylation is 2. The number of urea groups is 1. The Labute approximate surface area is 251 Å². The first-order chi connectivity index (χ1) is 21.2. The van der Waals surface area contributed by atoms with Crippen LogP contribution in [0.3, 0.4) is 0 Å². The molecule has 0 spiro atoms. The van der Waals surface area contributed by atoms with Gasteiger partial charge in [0, 0.05) is 11.6 Å². The molecule has 4 atom stereocenters. The zero-order valence-electron chi connectivity index (χ0n) is 24.1. The number of halogens is 1. The molecule has 1 fully saturated rings. The molecule has 44 heavy (non-hydrogen) atoms. The summed E-state index contributed by atoms with van der Waals surface area (Å²) in [4.78, 5) is 43.1. The van der Waals surface area contributed by atoms with Gasteiger partial charge >= 0.3 is 12.0 Å². The van der Waals surface area contributed by atoms with E-state index in [-0.39, 0.29) is 18.3 Å². The lowest BCUT2D eigenvalue weighted by Crippen LogP contribution is -2.45. The number of benzene rings is 3. The van der Waals surface area contributed by atoms with E-state index in [9.17, 15) is 23.9 Å². The van der Waals surface area contributed by atoms with Crippen LogP contribution in [-0.2, 0) is 4.79 Å². The Bertz CT molecular complexity index is 1730. The minimum atomic E-state index is -1.48. The average molecular weight is 601 g/mol. The predicted octanol–water partition coefficient (Wildman–Crippen LogP) is 6.10. The predicted molar refractivity (Wildman–Crippen MR) is 156 cm³/mol. The molecular formula is C33H29FN2O8. The van der Waals surface area contributed by atoms with Crippen molar-refractivity contribution in [1.82, 2.24) is 4.90 Å². The largest absolute Gasteiger partial charge is 0.497 e. The molecular weight excluding hydrogens is 571 g/mol. The van der Waals surface area contributed by atoms with E-state index in [1.807, 2.05) is 0 Å². The van der Waals surface area contributed by atoms with Crippen LogP contribution in [0.25, 0.3) is 0 Å². The molecule has 3 heterocycles. The summed E-state index contributed by atoms with van der Waals surface area (Å²) in [5.74, 6) is -1.91. The number of ether oxygens (including phenoxy) is 3. The molecule has 10 nitrogen and oxygen atoms in total. The number of carbonyl (C=O) groups excluding carboxylic acids is 2.